The lowest BCUT2D eigenvalue weighted by Gasteiger charge is -2.01. The molecule has 0 unspecified atom stereocenters. The molecule has 1 amide bonds. The van der Waals surface area contributed by atoms with Gasteiger partial charge in [0.25, 0.3) is 5.91 Å². The van der Waals surface area contributed by atoms with E-state index >= 15 is 0 Å². The van der Waals surface area contributed by atoms with Gasteiger partial charge in [-0.25, -0.2) is 5.43 Å². The molecule has 0 bridgehead atoms. The number of rotatable bonds is 4. The smallest absolute Gasteiger partial charge is 0.271 e. The van der Waals surface area contributed by atoms with Crippen LogP contribution in [0.5, 0.6) is 5.75 Å². The van der Waals surface area contributed by atoms with Crippen LogP contribution >= 0.6 is 11.6 Å². The minimum atomic E-state index is -0.291. The second kappa shape index (κ2) is 6.73. The lowest BCUT2D eigenvalue weighted by atomic mass is 10.2. The van der Waals surface area contributed by atoms with Crippen LogP contribution in [0.2, 0.25) is 5.02 Å². The first-order valence-electron chi connectivity index (χ1n) is 5.92. The summed E-state index contributed by atoms with van der Waals surface area (Å²) in [6.07, 6.45) is 1.55. The lowest BCUT2D eigenvalue weighted by Crippen LogP contribution is -2.17. The van der Waals surface area contributed by atoms with E-state index in [9.17, 15) is 4.79 Å². The Hall–Kier alpha value is -2.33. The predicted octanol–water partition coefficient (Wildman–Crippen LogP) is 3.11. The van der Waals surface area contributed by atoms with Crippen LogP contribution in [-0.2, 0) is 0 Å². The summed E-state index contributed by atoms with van der Waals surface area (Å²) >= 11 is 5.76. The fourth-order valence-corrected chi connectivity index (χ4v) is 1.68. The maximum Gasteiger partial charge on any atom is 0.271 e. The van der Waals surface area contributed by atoms with E-state index in [0.717, 1.165) is 11.3 Å². The van der Waals surface area contributed by atoms with Crippen LogP contribution in [0.15, 0.2) is 53.6 Å². The zero-order chi connectivity index (χ0) is 14.4. The van der Waals surface area contributed by atoms with E-state index in [2.05, 4.69) is 10.5 Å². The minimum Gasteiger partial charge on any atom is -0.497 e. The number of methoxy groups -OCH3 is 1. The van der Waals surface area contributed by atoms with Crippen LogP contribution < -0.4 is 10.2 Å². The van der Waals surface area contributed by atoms with Crippen molar-refractivity contribution in [3.05, 3.63) is 64.7 Å². The number of nitrogens with one attached hydrogen (secondary N) is 1. The Kier molecular flexibility index (Phi) is 4.74. The molecule has 0 saturated carbocycles. The second-order valence-electron chi connectivity index (χ2n) is 3.98. The van der Waals surface area contributed by atoms with Gasteiger partial charge in [-0.05, 0) is 42.0 Å². The largest absolute Gasteiger partial charge is 0.497 e. The number of benzene rings is 2. The van der Waals surface area contributed by atoms with E-state index in [4.69, 9.17) is 16.3 Å². The number of hydrogen-bond donors (Lipinski definition) is 1. The van der Waals surface area contributed by atoms with Gasteiger partial charge < -0.3 is 4.74 Å². The molecule has 20 heavy (non-hydrogen) atoms. The van der Waals surface area contributed by atoms with E-state index in [1.54, 1.807) is 37.6 Å². The first-order chi connectivity index (χ1) is 9.69. The van der Waals surface area contributed by atoms with E-state index in [1.165, 1.54) is 0 Å². The monoisotopic (exact) mass is 288 g/mol. The molecule has 0 fully saturated rings. The molecule has 5 heteroatoms. The Bertz CT molecular complexity index is 624. The minimum absolute atomic E-state index is 0.291. The number of carbonyl (C=O) groups excluding carboxylic acids is 1. The molecule has 102 valence electrons. The van der Waals surface area contributed by atoms with Crippen molar-refractivity contribution in [2.24, 2.45) is 5.10 Å². The van der Waals surface area contributed by atoms with Gasteiger partial charge in [0.1, 0.15) is 5.75 Å². The van der Waals surface area contributed by atoms with Gasteiger partial charge in [-0.15, -0.1) is 0 Å². The maximum absolute atomic E-state index is 11.8. The predicted molar refractivity (Wildman–Crippen MR) is 79.5 cm³/mol. The molecule has 0 atom stereocenters. The molecule has 0 aromatic heterocycles. The van der Waals surface area contributed by atoms with Crippen molar-refractivity contribution in [1.82, 2.24) is 5.43 Å². The van der Waals surface area contributed by atoms with Gasteiger partial charge in [-0.2, -0.15) is 5.10 Å². The fraction of sp³-hybridized carbons (Fsp3) is 0.0667. The SMILES string of the molecule is COc1cccc(C=NNC(=O)c2ccc(Cl)cc2)c1. The molecule has 0 aliphatic carbocycles. The summed E-state index contributed by atoms with van der Waals surface area (Å²) in [6.45, 7) is 0. The van der Waals surface area contributed by atoms with E-state index in [0.29, 0.717) is 10.6 Å². The van der Waals surface area contributed by atoms with Crippen molar-refractivity contribution in [3.63, 3.8) is 0 Å². The highest BCUT2D eigenvalue weighted by Crippen LogP contribution is 2.11. The summed E-state index contributed by atoms with van der Waals surface area (Å²) in [5.74, 6) is 0.443. The number of hydrogen-bond acceptors (Lipinski definition) is 3. The van der Waals surface area contributed by atoms with Crippen LogP contribution in [0.1, 0.15) is 15.9 Å². The summed E-state index contributed by atoms with van der Waals surface area (Å²) in [5.41, 5.74) is 3.78. The number of hydrazone groups is 1. The number of nitrogens with zero attached hydrogens (tertiary/aromatic N) is 1. The number of halogens is 1. The first kappa shape index (κ1) is 14.1. The van der Waals surface area contributed by atoms with Crippen LogP contribution in [0.4, 0.5) is 0 Å². The Morgan fingerprint density at radius 2 is 2.00 bits per heavy atom. The van der Waals surface area contributed by atoms with Gasteiger partial charge in [0.2, 0.25) is 0 Å². The Morgan fingerprint density at radius 1 is 1.25 bits per heavy atom. The van der Waals surface area contributed by atoms with Crippen molar-refractivity contribution in [2.45, 2.75) is 0 Å². The van der Waals surface area contributed by atoms with Crippen molar-refractivity contribution >= 4 is 23.7 Å². The van der Waals surface area contributed by atoms with Crippen molar-refractivity contribution in [1.29, 1.82) is 0 Å². The molecule has 0 spiro atoms. The number of amides is 1. The van der Waals surface area contributed by atoms with E-state index < -0.39 is 0 Å². The molecule has 0 saturated heterocycles. The number of carbonyl (C=O) groups is 1. The summed E-state index contributed by atoms with van der Waals surface area (Å²) in [7, 11) is 1.60. The highest BCUT2D eigenvalue weighted by atomic mass is 35.5. The van der Waals surface area contributed by atoms with Crippen molar-refractivity contribution in [3.8, 4) is 5.75 Å². The first-order valence-corrected chi connectivity index (χ1v) is 6.30. The average Bonchev–Trinajstić information content (AvgIpc) is 2.48. The highest BCUT2D eigenvalue weighted by molar-refractivity contribution is 6.30. The molecule has 2 aromatic rings. The van der Waals surface area contributed by atoms with Gasteiger partial charge in [0.05, 0.1) is 13.3 Å². The zero-order valence-electron chi connectivity index (χ0n) is 10.8. The molecule has 4 nitrogen and oxygen atoms in total. The van der Waals surface area contributed by atoms with Crippen molar-refractivity contribution in [2.75, 3.05) is 7.11 Å². The summed E-state index contributed by atoms with van der Waals surface area (Å²) in [6, 6.07) is 13.9. The second-order valence-corrected chi connectivity index (χ2v) is 4.42. The third kappa shape index (κ3) is 3.83. The van der Waals surface area contributed by atoms with E-state index in [1.807, 2.05) is 24.3 Å². The standard InChI is InChI=1S/C15H13ClN2O2/c1-20-14-4-2-3-11(9-14)10-17-18-15(19)12-5-7-13(16)8-6-12/h2-10H,1H3,(H,18,19). The van der Waals surface area contributed by atoms with Crippen LogP contribution in [0.25, 0.3) is 0 Å². The molecule has 1 N–H and O–H groups in total. The topological polar surface area (TPSA) is 50.7 Å². The maximum atomic E-state index is 11.8. The lowest BCUT2D eigenvalue weighted by molar-refractivity contribution is 0.0955. The summed E-state index contributed by atoms with van der Waals surface area (Å²) in [4.78, 5) is 11.8. The molecule has 2 aromatic carbocycles. The third-order valence-corrected chi connectivity index (χ3v) is 2.83. The molecular weight excluding hydrogens is 276 g/mol. The Morgan fingerprint density at radius 3 is 2.70 bits per heavy atom. The molecule has 0 radical (unpaired) electrons. The quantitative estimate of drug-likeness (QED) is 0.694. The molecule has 2 rings (SSSR count). The Labute approximate surface area is 122 Å². The third-order valence-electron chi connectivity index (χ3n) is 2.58. The zero-order valence-corrected chi connectivity index (χ0v) is 11.6. The van der Waals surface area contributed by atoms with Crippen LogP contribution in [0.3, 0.4) is 0 Å². The van der Waals surface area contributed by atoms with Gasteiger partial charge in [0.15, 0.2) is 0 Å². The number of ether oxygens (including phenoxy) is 1. The average molecular weight is 289 g/mol. The fourth-order valence-electron chi connectivity index (χ4n) is 1.55. The molecule has 0 aliphatic heterocycles. The van der Waals surface area contributed by atoms with Gasteiger partial charge in [0, 0.05) is 10.6 Å². The van der Waals surface area contributed by atoms with Gasteiger partial charge in [-0.1, -0.05) is 23.7 Å². The summed E-state index contributed by atoms with van der Waals surface area (Å²) in [5, 5.41) is 4.49. The van der Waals surface area contributed by atoms with E-state index in [-0.39, 0.29) is 5.91 Å². The van der Waals surface area contributed by atoms with Gasteiger partial charge in [-0.3, -0.25) is 4.79 Å². The van der Waals surface area contributed by atoms with Crippen LogP contribution in [0, 0.1) is 0 Å². The molecule has 0 heterocycles. The molecular formula is C15H13ClN2O2. The highest BCUT2D eigenvalue weighted by Gasteiger charge is 2.02. The van der Waals surface area contributed by atoms with Gasteiger partial charge >= 0.3 is 0 Å². The van der Waals surface area contributed by atoms with Crippen molar-refractivity contribution < 1.29 is 9.53 Å². The van der Waals surface area contributed by atoms with Crippen LogP contribution in [-0.4, -0.2) is 19.2 Å². The normalized spacial score (nSPS) is 10.5. The summed E-state index contributed by atoms with van der Waals surface area (Å²) < 4.78 is 5.10. The molecule has 0 aliphatic rings. The Balaban J connectivity index is 1.98.